The summed E-state index contributed by atoms with van der Waals surface area (Å²) in [6.45, 7) is 1.36. The number of nitrogens with two attached hydrogens (primary N) is 1. The number of ether oxygens (including phenoxy) is 2. The summed E-state index contributed by atoms with van der Waals surface area (Å²) in [7, 11) is 1.69. The SMILES string of the molecule is COC1(c2ncc(N)cn2)CCOCC1. The second-order valence-corrected chi connectivity index (χ2v) is 3.65. The van der Waals surface area contributed by atoms with Gasteiger partial charge in [0.1, 0.15) is 5.60 Å². The van der Waals surface area contributed by atoms with Gasteiger partial charge in [0, 0.05) is 33.2 Å². The van der Waals surface area contributed by atoms with E-state index < -0.39 is 5.60 Å². The first-order valence-corrected chi connectivity index (χ1v) is 4.98. The first-order chi connectivity index (χ1) is 7.27. The van der Waals surface area contributed by atoms with E-state index in [2.05, 4.69) is 9.97 Å². The molecule has 2 rings (SSSR count). The van der Waals surface area contributed by atoms with E-state index in [9.17, 15) is 0 Å². The van der Waals surface area contributed by atoms with Crippen LogP contribution in [0.1, 0.15) is 18.7 Å². The van der Waals surface area contributed by atoms with Gasteiger partial charge in [-0.05, 0) is 0 Å². The van der Waals surface area contributed by atoms with Crippen molar-refractivity contribution in [1.29, 1.82) is 0 Å². The van der Waals surface area contributed by atoms with Crippen molar-refractivity contribution >= 4 is 5.69 Å². The Morgan fingerprint density at radius 2 is 1.93 bits per heavy atom. The van der Waals surface area contributed by atoms with Crippen molar-refractivity contribution < 1.29 is 9.47 Å². The number of hydrogen-bond donors (Lipinski definition) is 1. The van der Waals surface area contributed by atoms with Crippen LogP contribution in [0.4, 0.5) is 5.69 Å². The van der Waals surface area contributed by atoms with Crippen LogP contribution in [0.5, 0.6) is 0 Å². The lowest BCUT2D eigenvalue weighted by Gasteiger charge is -2.34. The van der Waals surface area contributed by atoms with Gasteiger partial charge in [0.15, 0.2) is 5.82 Å². The summed E-state index contributed by atoms with van der Waals surface area (Å²) in [6, 6.07) is 0. The Balaban J connectivity index is 2.28. The molecule has 1 aliphatic heterocycles. The fraction of sp³-hybridized carbons (Fsp3) is 0.600. The lowest BCUT2D eigenvalue weighted by Crippen LogP contribution is -2.37. The third-order valence-corrected chi connectivity index (χ3v) is 2.77. The molecule has 0 spiro atoms. The third-order valence-electron chi connectivity index (χ3n) is 2.77. The van der Waals surface area contributed by atoms with Gasteiger partial charge < -0.3 is 15.2 Å². The van der Waals surface area contributed by atoms with Crippen LogP contribution in [0.2, 0.25) is 0 Å². The fourth-order valence-corrected chi connectivity index (χ4v) is 1.79. The molecule has 0 unspecified atom stereocenters. The van der Waals surface area contributed by atoms with Crippen molar-refractivity contribution in [3.05, 3.63) is 18.2 Å². The smallest absolute Gasteiger partial charge is 0.160 e. The minimum absolute atomic E-state index is 0.397. The third kappa shape index (κ3) is 1.93. The van der Waals surface area contributed by atoms with Gasteiger partial charge in [-0.25, -0.2) is 9.97 Å². The zero-order chi connectivity index (χ0) is 10.7. The van der Waals surface area contributed by atoms with Gasteiger partial charge in [-0.15, -0.1) is 0 Å². The molecule has 0 aliphatic carbocycles. The molecule has 82 valence electrons. The molecule has 0 saturated carbocycles. The molecular formula is C10H15N3O2. The monoisotopic (exact) mass is 209 g/mol. The molecule has 2 N–H and O–H groups in total. The van der Waals surface area contributed by atoms with Crippen molar-refractivity contribution in [2.24, 2.45) is 0 Å². The van der Waals surface area contributed by atoms with E-state index in [1.165, 1.54) is 0 Å². The lowest BCUT2D eigenvalue weighted by molar-refractivity contribution is -0.0999. The average molecular weight is 209 g/mol. The normalized spacial score (nSPS) is 20.1. The van der Waals surface area contributed by atoms with Crippen LogP contribution >= 0.6 is 0 Å². The van der Waals surface area contributed by atoms with Crippen LogP contribution in [-0.2, 0) is 15.1 Å². The largest absolute Gasteiger partial charge is 0.396 e. The summed E-state index contributed by atoms with van der Waals surface area (Å²) in [5.74, 6) is 0.697. The molecule has 0 radical (unpaired) electrons. The zero-order valence-corrected chi connectivity index (χ0v) is 8.77. The van der Waals surface area contributed by atoms with Crippen LogP contribution in [-0.4, -0.2) is 30.3 Å². The lowest BCUT2D eigenvalue weighted by atomic mass is 9.93. The topological polar surface area (TPSA) is 70.3 Å². The Morgan fingerprint density at radius 3 is 2.47 bits per heavy atom. The van der Waals surface area contributed by atoms with Gasteiger partial charge in [-0.2, -0.15) is 0 Å². The van der Waals surface area contributed by atoms with E-state index in [1.807, 2.05) is 0 Å². The van der Waals surface area contributed by atoms with Crippen LogP contribution in [0.3, 0.4) is 0 Å². The van der Waals surface area contributed by atoms with Gasteiger partial charge in [0.25, 0.3) is 0 Å². The number of anilines is 1. The van der Waals surface area contributed by atoms with Crippen molar-refractivity contribution in [3.63, 3.8) is 0 Å². The Kier molecular flexibility index (Phi) is 2.83. The molecule has 0 aromatic carbocycles. The first-order valence-electron chi connectivity index (χ1n) is 4.98. The molecule has 1 aromatic heterocycles. The summed E-state index contributed by atoms with van der Waals surface area (Å²) >= 11 is 0. The van der Waals surface area contributed by atoms with Crippen LogP contribution in [0.15, 0.2) is 12.4 Å². The summed E-state index contributed by atoms with van der Waals surface area (Å²) in [6.07, 6.45) is 4.79. The van der Waals surface area contributed by atoms with E-state index in [0.29, 0.717) is 24.7 Å². The number of hydrogen-bond acceptors (Lipinski definition) is 5. The first kappa shape index (κ1) is 10.3. The Labute approximate surface area is 88.6 Å². The summed E-state index contributed by atoms with van der Waals surface area (Å²) in [5, 5.41) is 0. The molecule has 1 aromatic rings. The standard InChI is InChI=1S/C10H15N3O2/c1-14-10(2-4-15-5-3-10)9-12-6-8(11)7-13-9/h6-7H,2-5,11H2,1H3. The van der Waals surface area contributed by atoms with Crippen LogP contribution in [0.25, 0.3) is 0 Å². The molecule has 0 bridgehead atoms. The van der Waals surface area contributed by atoms with E-state index in [1.54, 1.807) is 19.5 Å². The Hall–Kier alpha value is -1.20. The van der Waals surface area contributed by atoms with E-state index in [4.69, 9.17) is 15.2 Å². The minimum Gasteiger partial charge on any atom is -0.396 e. The van der Waals surface area contributed by atoms with E-state index >= 15 is 0 Å². The molecule has 1 saturated heterocycles. The maximum atomic E-state index is 5.56. The highest BCUT2D eigenvalue weighted by molar-refractivity contribution is 5.30. The second-order valence-electron chi connectivity index (χ2n) is 3.65. The fourth-order valence-electron chi connectivity index (χ4n) is 1.79. The molecule has 2 heterocycles. The number of nitrogen functional groups attached to an aromatic ring is 1. The Bertz CT molecular complexity index is 320. The van der Waals surface area contributed by atoms with Gasteiger partial charge in [0.05, 0.1) is 18.1 Å². The van der Waals surface area contributed by atoms with Crippen molar-refractivity contribution in [2.45, 2.75) is 18.4 Å². The second kappa shape index (κ2) is 4.12. The molecule has 0 amide bonds. The number of nitrogens with zero attached hydrogens (tertiary/aromatic N) is 2. The van der Waals surface area contributed by atoms with Gasteiger partial charge in [-0.3, -0.25) is 0 Å². The van der Waals surface area contributed by atoms with Gasteiger partial charge in [0.2, 0.25) is 0 Å². The number of rotatable bonds is 2. The van der Waals surface area contributed by atoms with Crippen LogP contribution in [0, 0.1) is 0 Å². The van der Waals surface area contributed by atoms with Crippen LogP contribution < -0.4 is 5.73 Å². The highest BCUT2D eigenvalue weighted by atomic mass is 16.5. The maximum absolute atomic E-state index is 5.56. The van der Waals surface area contributed by atoms with Crippen molar-refractivity contribution in [2.75, 3.05) is 26.1 Å². The Morgan fingerprint density at radius 1 is 1.33 bits per heavy atom. The molecule has 0 atom stereocenters. The summed E-state index contributed by atoms with van der Waals surface area (Å²) in [5.41, 5.74) is 5.72. The molecular weight excluding hydrogens is 194 g/mol. The molecule has 1 fully saturated rings. The number of methoxy groups -OCH3 is 1. The number of aromatic nitrogens is 2. The minimum atomic E-state index is -0.397. The molecule has 5 heteroatoms. The average Bonchev–Trinajstić information content (AvgIpc) is 2.31. The molecule has 1 aliphatic rings. The summed E-state index contributed by atoms with van der Waals surface area (Å²) < 4.78 is 10.9. The summed E-state index contributed by atoms with van der Waals surface area (Å²) in [4.78, 5) is 8.46. The van der Waals surface area contributed by atoms with Crippen molar-refractivity contribution in [3.8, 4) is 0 Å². The highest BCUT2D eigenvalue weighted by Crippen LogP contribution is 2.32. The predicted octanol–water partition coefficient (Wildman–Crippen LogP) is 0.711. The predicted molar refractivity (Wildman–Crippen MR) is 55.2 cm³/mol. The van der Waals surface area contributed by atoms with E-state index in [-0.39, 0.29) is 0 Å². The highest BCUT2D eigenvalue weighted by Gasteiger charge is 2.37. The quantitative estimate of drug-likeness (QED) is 0.776. The van der Waals surface area contributed by atoms with E-state index in [0.717, 1.165) is 12.8 Å². The van der Waals surface area contributed by atoms with Gasteiger partial charge in [-0.1, -0.05) is 0 Å². The van der Waals surface area contributed by atoms with Crippen molar-refractivity contribution in [1.82, 2.24) is 9.97 Å². The molecule has 15 heavy (non-hydrogen) atoms. The zero-order valence-electron chi connectivity index (χ0n) is 8.77. The maximum Gasteiger partial charge on any atom is 0.160 e. The van der Waals surface area contributed by atoms with Gasteiger partial charge >= 0.3 is 0 Å². The molecule has 5 nitrogen and oxygen atoms in total.